The van der Waals surface area contributed by atoms with Gasteiger partial charge in [-0.1, -0.05) is 6.07 Å². The maximum Gasteiger partial charge on any atom is 0.340 e. The van der Waals surface area contributed by atoms with Gasteiger partial charge in [-0.25, -0.2) is 9.79 Å². The summed E-state index contributed by atoms with van der Waals surface area (Å²) in [6.45, 7) is 3.08. The highest BCUT2D eigenvalue weighted by Gasteiger charge is 2.53. The summed E-state index contributed by atoms with van der Waals surface area (Å²) in [5.74, 6) is 1.59. The summed E-state index contributed by atoms with van der Waals surface area (Å²) < 4.78 is 18.0. The minimum absolute atomic E-state index is 0.0110. The van der Waals surface area contributed by atoms with Crippen LogP contribution in [0.4, 0.5) is 5.69 Å². The molecule has 1 spiro atoms. The van der Waals surface area contributed by atoms with Crippen LogP contribution in [0, 0.1) is 0 Å². The Bertz CT molecular complexity index is 2080. The molecule has 1 atom stereocenters. The van der Waals surface area contributed by atoms with Gasteiger partial charge < -0.3 is 40.4 Å². The highest BCUT2D eigenvalue weighted by atomic mass is 32.1. The third-order valence-corrected chi connectivity index (χ3v) is 9.13. The SMILES string of the molecule is CC1NC2=C[NH+]=C(c3ccc(OCCNC(=S)Nc4ccc5c(c4)C(=O)OC54c5ccc(O)cc5Oc5cc(O)ccc54)cc3)CN2C1=O. The lowest BCUT2D eigenvalue weighted by atomic mass is 9.77. The monoisotopic (exact) mass is 676 g/mol. The number of carbonyl (C=O) groups excluding carboxylic acids is 2. The standard InChI is InChI=1S/C36H29N5O7S/c1-19-33(44)41-18-29(38-17-32(41)39-19)20-2-7-24(8-3-20)46-13-12-37-35(49)40-21-4-9-26-25(14-21)34(45)48-36(26)27-10-5-22(42)15-30(27)47-31-16-23(43)6-11-28(31)36/h2-11,14-17,19,39,42-43H,12-13,18H2,1H3,(H2,37,40,49)/p+1. The van der Waals surface area contributed by atoms with E-state index in [1.807, 2.05) is 37.4 Å². The van der Waals surface area contributed by atoms with Crippen LogP contribution in [0.1, 0.15) is 39.5 Å². The zero-order chi connectivity index (χ0) is 33.9. The van der Waals surface area contributed by atoms with Gasteiger partial charge in [-0.3, -0.25) is 9.69 Å². The van der Waals surface area contributed by atoms with Gasteiger partial charge in [-0.2, -0.15) is 0 Å². The van der Waals surface area contributed by atoms with Crippen molar-refractivity contribution in [1.82, 2.24) is 15.5 Å². The second kappa shape index (κ2) is 11.6. The number of hydrogen-bond donors (Lipinski definition) is 6. The molecule has 12 nitrogen and oxygen atoms in total. The quantitative estimate of drug-likeness (QED) is 0.101. The number of thiocarbonyl (C=S) groups is 1. The first-order chi connectivity index (χ1) is 23.7. The summed E-state index contributed by atoms with van der Waals surface area (Å²) in [6.07, 6.45) is 1.81. The predicted octanol–water partition coefficient (Wildman–Crippen LogP) is 2.53. The number of amides is 1. The van der Waals surface area contributed by atoms with Crippen molar-refractivity contribution in [3.05, 3.63) is 119 Å². The number of benzene rings is 4. The summed E-state index contributed by atoms with van der Waals surface area (Å²) in [5, 5.41) is 30.0. The van der Waals surface area contributed by atoms with E-state index in [4.69, 9.17) is 26.4 Å². The van der Waals surface area contributed by atoms with Crippen LogP contribution in [0.25, 0.3) is 0 Å². The van der Waals surface area contributed by atoms with Gasteiger partial charge in [0.05, 0.1) is 12.1 Å². The second-order valence-corrected chi connectivity index (χ2v) is 12.4. The Morgan fingerprint density at radius 2 is 1.69 bits per heavy atom. The molecular formula is C36H30N5O7S+. The fourth-order valence-electron chi connectivity index (χ4n) is 6.57. The Kier molecular flexibility index (Phi) is 7.14. The molecule has 49 heavy (non-hydrogen) atoms. The first-order valence-electron chi connectivity index (χ1n) is 15.6. The van der Waals surface area contributed by atoms with E-state index in [1.165, 1.54) is 24.3 Å². The highest BCUT2D eigenvalue weighted by Crippen LogP contribution is 2.57. The number of nitrogens with zero attached hydrogens (tertiary/aromatic N) is 1. The number of fused-ring (bicyclic) bond motifs is 7. The van der Waals surface area contributed by atoms with E-state index in [0.29, 0.717) is 70.0 Å². The fraction of sp³-hybridized carbons (Fsp3) is 0.167. The smallest absolute Gasteiger partial charge is 0.340 e. The van der Waals surface area contributed by atoms with Crippen LogP contribution in [0.3, 0.4) is 0 Å². The number of anilines is 1. The first kappa shape index (κ1) is 30.3. The lowest BCUT2D eigenvalue weighted by molar-refractivity contribution is -0.379. The number of carbonyl (C=O) groups is 2. The summed E-state index contributed by atoms with van der Waals surface area (Å²) in [5.41, 5.74) is 3.18. The number of phenolic OH excluding ortho intramolecular Hbond substituents is 2. The van der Waals surface area contributed by atoms with Gasteiger partial charge >= 0.3 is 5.97 Å². The molecule has 0 aromatic heterocycles. The lowest BCUT2D eigenvalue weighted by Crippen LogP contribution is -2.72. The van der Waals surface area contributed by atoms with Gasteiger partial charge in [0.1, 0.15) is 47.9 Å². The molecule has 4 aromatic rings. The van der Waals surface area contributed by atoms with Crippen molar-refractivity contribution < 1.29 is 39.0 Å². The van der Waals surface area contributed by atoms with Crippen molar-refractivity contribution in [3.8, 4) is 28.7 Å². The number of rotatable bonds is 6. The van der Waals surface area contributed by atoms with Crippen LogP contribution in [0.15, 0.2) is 90.9 Å². The normalized spacial score (nSPS) is 17.7. The number of nitrogens with one attached hydrogen (secondary N) is 4. The van der Waals surface area contributed by atoms with E-state index < -0.39 is 11.6 Å². The van der Waals surface area contributed by atoms with E-state index in [0.717, 1.165) is 17.1 Å². The molecule has 4 heterocycles. The molecule has 1 amide bonds. The first-order valence-corrected chi connectivity index (χ1v) is 16.0. The van der Waals surface area contributed by atoms with E-state index in [9.17, 15) is 19.8 Å². The molecule has 0 radical (unpaired) electrons. The molecule has 4 aromatic carbocycles. The van der Waals surface area contributed by atoms with Crippen LogP contribution >= 0.6 is 12.2 Å². The summed E-state index contributed by atoms with van der Waals surface area (Å²) >= 11 is 5.50. The topological polar surface area (TPSA) is 156 Å². The van der Waals surface area contributed by atoms with E-state index in [1.54, 1.807) is 35.2 Å². The molecule has 1 saturated heterocycles. The van der Waals surface area contributed by atoms with Crippen LogP contribution in [0.2, 0.25) is 0 Å². The van der Waals surface area contributed by atoms with Crippen molar-refractivity contribution >= 4 is 40.6 Å². The van der Waals surface area contributed by atoms with Gasteiger partial charge in [0.15, 0.2) is 16.5 Å². The average molecular weight is 677 g/mol. The van der Waals surface area contributed by atoms with Crippen LogP contribution in [-0.4, -0.2) is 63.6 Å². The summed E-state index contributed by atoms with van der Waals surface area (Å²) in [7, 11) is 0. The van der Waals surface area contributed by atoms with E-state index in [2.05, 4.69) is 20.9 Å². The maximum absolute atomic E-state index is 13.4. The molecule has 0 saturated carbocycles. The molecule has 246 valence electrons. The predicted molar refractivity (Wildman–Crippen MR) is 182 cm³/mol. The Morgan fingerprint density at radius 3 is 2.41 bits per heavy atom. The Labute approximate surface area is 285 Å². The molecule has 6 N–H and O–H groups in total. The Morgan fingerprint density at radius 1 is 1.00 bits per heavy atom. The van der Waals surface area contributed by atoms with Gasteiger partial charge in [-0.05, 0) is 79.8 Å². The third-order valence-electron chi connectivity index (χ3n) is 8.88. The Hall–Kier alpha value is -6.08. The van der Waals surface area contributed by atoms with Crippen molar-refractivity contribution in [2.45, 2.75) is 18.6 Å². The van der Waals surface area contributed by atoms with Crippen LogP contribution in [0.5, 0.6) is 28.7 Å². The summed E-state index contributed by atoms with van der Waals surface area (Å²) in [6, 6.07) is 22.0. The molecule has 0 aliphatic carbocycles. The fourth-order valence-corrected chi connectivity index (χ4v) is 6.79. The minimum Gasteiger partial charge on any atom is -0.508 e. The molecule has 4 aliphatic rings. The van der Waals surface area contributed by atoms with Gasteiger partial charge in [0.25, 0.3) is 5.91 Å². The molecule has 4 aliphatic heterocycles. The molecule has 8 rings (SSSR count). The number of aromatic hydroxyl groups is 2. The molecule has 13 heteroatoms. The van der Waals surface area contributed by atoms with Crippen molar-refractivity contribution in [2.24, 2.45) is 0 Å². The largest absolute Gasteiger partial charge is 0.508 e. The average Bonchev–Trinajstić information content (AvgIpc) is 3.54. The number of esters is 1. The number of ether oxygens (including phenoxy) is 3. The zero-order valence-corrected chi connectivity index (χ0v) is 26.9. The molecular weight excluding hydrogens is 646 g/mol. The van der Waals surface area contributed by atoms with Gasteiger partial charge in [0.2, 0.25) is 11.9 Å². The lowest BCUT2D eigenvalue weighted by Gasteiger charge is -2.36. The van der Waals surface area contributed by atoms with Gasteiger partial charge in [-0.15, -0.1) is 0 Å². The van der Waals surface area contributed by atoms with Crippen molar-refractivity contribution in [2.75, 3.05) is 25.0 Å². The van der Waals surface area contributed by atoms with Gasteiger partial charge in [0, 0.05) is 40.1 Å². The summed E-state index contributed by atoms with van der Waals surface area (Å²) in [4.78, 5) is 30.8. The number of hydrogen-bond acceptors (Lipinski definition) is 9. The van der Waals surface area contributed by atoms with Crippen molar-refractivity contribution in [1.29, 1.82) is 0 Å². The van der Waals surface area contributed by atoms with Crippen LogP contribution in [-0.2, 0) is 15.1 Å². The molecule has 1 unspecified atom stereocenters. The molecule has 1 fully saturated rings. The minimum atomic E-state index is -1.33. The third kappa shape index (κ3) is 5.15. The van der Waals surface area contributed by atoms with E-state index in [-0.39, 0.29) is 23.4 Å². The second-order valence-electron chi connectivity index (χ2n) is 12.0. The number of phenols is 2. The Balaban J connectivity index is 0.905. The molecule has 0 bridgehead atoms. The maximum atomic E-state index is 13.4. The zero-order valence-electron chi connectivity index (χ0n) is 26.1. The van der Waals surface area contributed by atoms with E-state index >= 15 is 0 Å². The highest BCUT2D eigenvalue weighted by molar-refractivity contribution is 7.80. The van der Waals surface area contributed by atoms with Crippen molar-refractivity contribution in [3.63, 3.8) is 0 Å². The van der Waals surface area contributed by atoms with Crippen LogP contribution < -0.4 is 30.4 Å².